The van der Waals surface area contributed by atoms with Gasteiger partial charge in [-0.3, -0.25) is 4.79 Å². The Labute approximate surface area is 175 Å². The maximum absolute atomic E-state index is 10.7. The van der Waals surface area contributed by atoms with E-state index in [1.807, 2.05) is 0 Å². The fraction of sp³-hybridized carbons (Fsp3) is 0.826. The third-order valence-corrected chi connectivity index (χ3v) is 4.77. The molecule has 5 nitrogen and oxygen atoms in total. The average Bonchev–Trinajstić information content (AvgIpc) is 2.65. The van der Waals surface area contributed by atoms with Crippen LogP contribution >= 0.6 is 0 Å². The van der Waals surface area contributed by atoms with Crippen molar-refractivity contribution in [3.8, 4) is 0 Å². The number of rotatable bonds is 5. The molecule has 1 N–H and O–H groups in total. The van der Waals surface area contributed by atoms with E-state index in [1.165, 1.54) is 18.3 Å². The molecule has 0 aliphatic rings. The third-order valence-electron chi connectivity index (χ3n) is 4.77. The summed E-state index contributed by atoms with van der Waals surface area (Å²) in [4.78, 5) is 10.7. The molecule has 0 saturated heterocycles. The molecular weight excluding hydrogens is 356 g/mol. The van der Waals surface area contributed by atoms with Crippen LogP contribution in [0.15, 0.2) is 11.1 Å². The van der Waals surface area contributed by atoms with Crippen molar-refractivity contribution in [2.45, 2.75) is 88.2 Å². The van der Waals surface area contributed by atoms with Crippen LogP contribution < -0.4 is 0 Å². The number of carbonyl (C=O) groups excluding carboxylic acids is 1. The summed E-state index contributed by atoms with van der Waals surface area (Å²) in [6.45, 7) is 27.8. The normalized spacial score (nSPS) is 10.4. The molecule has 1 atom stereocenters. The van der Waals surface area contributed by atoms with E-state index in [1.54, 1.807) is 7.11 Å². The Hall–Kier alpha value is -1.13. The predicted molar refractivity (Wildman–Crippen MR) is 118 cm³/mol. The number of ether oxygens (including phenoxy) is 2. The zero-order valence-electron chi connectivity index (χ0n) is 21.0. The minimum atomic E-state index is -0.110. The van der Waals surface area contributed by atoms with Crippen LogP contribution in [-0.4, -0.2) is 38.0 Å². The van der Waals surface area contributed by atoms with Crippen LogP contribution in [0.2, 0.25) is 0 Å². The summed E-state index contributed by atoms with van der Waals surface area (Å²) < 4.78 is 17.2. The number of hydrogen-bond acceptors (Lipinski definition) is 4. The van der Waals surface area contributed by atoms with Crippen LogP contribution in [0.3, 0.4) is 0 Å². The molecule has 170 valence electrons. The molecule has 0 bridgehead atoms. The standard InChI is InChI=1S/C8H16O2.C7H16O.C6H12.CH4O.CO/c1-6(2)7(3)5-8(9)10-4;1-6(2)7(3,4)8-5;1-5(2)6(3)4;2*1-2/h6-7H,5H2,1-4H3;6H,1-5H3;1-4H3;2H,1H3;. The van der Waals surface area contributed by atoms with Gasteiger partial charge in [0.1, 0.15) is 0 Å². The number of aliphatic hydroxyl groups is 1. The predicted octanol–water partition coefficient (Wildman–Crippen LogP) is 5.84. The Bertz CT molecular complexity index is 375. The molecule has 0 aliphatic carbocycles. The zero-order valence-corrected chi connectivity index (χ0v) is 21.0. The van der Waals surface area contributed by atoms with Crippen LogP contribution in [0.5, 0.6) is 0 Å². The fourth-order valence-corrected chi connectivity index (χ4v) is 0.818. The van der Waals surface area contributed by atoms with Crippen molar-refractivity contribution in [3.05, 3.63) is 17.8 Å². The van der Waals surface area contributed by atoms with Crippen molar-refractivity contribution in [1.29, 1.82) is 0 Å². The zero-order chi connectivity index (χ0) is 24.1. The molecule has 0 aromatic heterocycles. The van der Waals surface area contributed by atoms with Gasteiger partial charge in [0.25, 0.3) is 0 Å². The molecule has 0 radical (unpaired) electrons. The first-order valence-electron chi connectivity index (χ1n) is 9.60. The van der Waals surface area contributed by atoms with Crippen LogP contribution in [0, 0.1) is 24.4 Å². The average molecular weight is 405 g/mol. The third kappa shape index (κ3) is 29.6. The van der Waals surface area contributed by atoms with Crippen LogP contribution in [0.1, 0.15) is 82.6 Å². The molecule has 0 rings (SSSR count). The van der Waals surface area contributed by atoms with Gasteiger partial charge in [-0.1, -0.05) is 45.8 Å². The summed E-state index contributed by atoms with van der Waals surface area (Å²) in [5, 5.41) is 7.00. The van der Waals surface area contributed by atoms with Crippen LogP contribution in [0.4, 0.5) is 0 Å². The van der Waals surface area contributed by atoms with Crippen LogP contribution in [0.25, 0.3) is 0 Å². The van der Waals surface area contributed by atoms with E-state index in [4.69, 9.17) is 14.5 Å². The van der Waals surface area contributed by atoms with Crippen molar-refractivity contribution in [3.63, 3.8) is 0 Å². The van der Waals surface area contributed by atoms with Crippen molar-refractivity contribution in [2.75, 3.05) is 21.3 Å². The molecule has 28 heavy (non-hydrogen) atoms. The molecule has 0 spiro atoms. The first kappa shape index (κ1) is 37.6. The molecular formula is C23H48O5. The van der Waals surface area contributed by atoms with Gasteiger partial charge in [-0.2, -0.15) is 0 Å². The molecule has 0 fully saturated rings. The van der Waals surface area contributed by atoms with E-state index in [0.29, 0.717) is 24.2 Å². The van der Waals surface area contributed by atoms with Crippen molar-refractivity contribution in [1.82, 2.24) is 0 Å². The molecule has 0 saturated carbocycles. The summed E-state index contributed by atoms with van der Waals surface area (Å²) in [6, 6.07) is 0. The Morgan fingerprint density at radius 2 is 1.25 bits per heavy atom. The van der Waals surface area contributed by atoms with Crippen LogP contribution in [-0.2, 0) is 18.9 Å². The molecule has 0 aromatic carbocycles. The van der Waals surface area contributed by atoms with E-state index in [2.05, 4.69) is 87.5 Å². The Morgan fingerprint density at radius 3 is 1.36 bits per heavy atom. The molecule has 5 heteroatoms. The van der Waals surface area contributed by atoms with Crippen molar-refractivity contribution >= 4 is 5.97 Å². The van der Waals surface area contributed by atoms with E-state index in [-0.39, 0.29) is 11.6 Å². The van der Waals surface area contributed by atoms with E-state index in [9.17, 15) is 4.79 Å². The molecule has 0 aromatic rings. The molecule has 0 aliphatic heterocycles. The SMILES string of the molecule is CC(C)=C(C)C.CO.COC(=O)CC(C)C(C)C.COC(C)(C)C(C)C.[C-]#[O+]. The van der Waals surface area contributed by atoms with Gasteiger partial charge >= 0.3 is 17.3 Å². The summed E-state index contributed by atoms with van der Waals surface area (Å²) in [5.41, 5.74) is 2.89. The Balaban J connectivity index is -0.0000000885. The first-order chi connectivity index (χ1) is 12.7. The number of carbonyl (C=O) groups is 1. The molecule has 1 unspecified atom stereocenters. The fourth-order valence-electron chi connectivity index (χ4n) is 0.818. The topological polar surface area (TPSA) is 75.7 Å². The monoisotopic (exact) mass is 404 g/mol. The summed E-state index contributed by atoms with van der Waals surface area (Å²) >= 11 is 0. The Morgan fingerprint density at radius 1 is 0.929 bits per heavy atom. The van der Waals surface area contributed by atoms with Gasteiger partial charge in [0.15, 0.2) is 0 Å². The second-order valence-corrected chi connectivity index (χ2v) is 7.96. The quantitative estimate of drug-likeness (QED) is 0.270. The molecule has 0 heterocycles. The number of esters is 1. The first-order valence-corrected chi connectivity index (χ1v) is 9.60. The van der Waals surface area contributed by atoms with Gasteiger partial charge in [0.2, 0.25) is 0 Å². The number of hydrogen-bond donors (Lipinski definition) is 1. The minimum absolute atomic E-state index is 0.0417. The van der Waals surface area contributed by atoms with Gasteiger partial charge in [-0.15, -0.1) is 0 Å². The maximum atomic E-state index is 10.7. The molecule has 0 amide bonds. The second-order valence-electron chi connectivity index (χ2n) is 7.96. The number of allylic oxidation sites excluding steroid dienone is 2. The van der Waals surface area contributed by atoms with E-state index < -0.39 is 0 Å². The number of aliphatic hydroxyl groups excluding tert-OH is 1. The summed E-state index contributed by atoms with van der Waals surface area (Å²) in [5.74, 6) is 1.46. The Kier molecular flexibility index (Phi) is 32.1. The summed E-state index contributed by atoms with van der Waals surface area (Å²) in [6.07, 6.45) is 0.536. The van der Waals surface area contributed by atoms with Gasteiger partial charge in [-0.25, -0.2) is 0 Å². The second kappa shape index (κ2) is 23.9. The van der Waals surface area contributed by atoms with E-state index >= 15 is 0 Å². The van der Waals surface area contributed by atoms with Gasteiger partial charge in [0, 0.05) is 20.6 Å². The number of methoxy groups -OCH3 is 2. The summed E-state index contributed by atoms with van der Waals surface area (Å²) in [7, 11) is 4.18. The van der Waals surface area contributed by atoms with E-state index in [0.717, 1.165) is 7.11 Å². The van der Waals surface area contributed by atoms with Gasteiger partial charge in [0.05, 0.1) is 12.7 Å². The van der Waals surface area contributed by atoms with Gasteiger partial charge < -0.3 is 14.6 Å². The van der Waals surface area contributed by atoms with Crippen molar-refractivity contribution in [2.24, 2.45) is 17.8 Å². The van der Waals surface area contributed by atoms with Crippen molar-refractivity contribution < 1.29 is 24.0 Å². The van der Waals surface area contributed by atoms with Gasteiger partial charge in [-0.05, 0) is 59.3 Å².